The van der Waals surface area contributed by atoms with Crippen molar-refractivity contribution in [1.82, 2.24) is 0 Å². The zero-order chi connectivity index (χ0) is 18.6. The van der Waals surface area contributed by atoms with Crippen LogP contribution < -0.4 is 10.0 Å². The van der Waals surface area contributed by atoms with E-state index in [2.05, 4.69) is 10.0 Å². The van der Waals surface area contributed by atoms with E-state index in [-0.39, 0.29) is 10.8 Å². The number of hydrogen-bond donors (Lipinski definition) is 3. The Morgan fingerprint density at radius 2 is 1.52 bits per heavy atom. The van der Waals surface area contributed by atoms with E-state index in [4.69, 9.17) is 11.6 Å². The third-order valence-electron chi connectivity index (χ3n) is 3.43. The molecule has 3 N–H and O–H groups in total. The van der Waals surface area contributed by atoms with Crippen LogP contribution in [0.25, 0.3) is 0 Å². The van der Waals surface area contributed by atoms with Gasteiger partial charge in [-0.1, -0.05) is 25.4 Å². The van der Waals surface area contributed by atoms with E-state index in [1.165, 1.54) is 24.3 Å². The van der Waals surface area contributed by atoms with Crippen molar-refractivity contribution in [2.75, 3.05) is 10.0 Å². The lowest BCUT2D eigenvalue weighted by Crippen LogP contribution is -2.31. The largest absolute Gasteiger partial charge is 0.383 e. The van der Waals surface area contributed by atoms with Gasteiger partial charge in [0.1, 0.15) is 6.10 Å². The van der Waals surface area contributed by atoms with Crippen LogP contribution in [0.4, 0.5) is 11.4 Å². The predicted molar refractivity (Wildman–Crippen MR) is 98.2 cm³/mol. The third kappa shape index (κ3) is 5.19. The summed E-state index contributed by atoms with van der Waals surface area (Å²) in [6, 6.07) is 11.9. The predicted octanol–water partition coefficient (Wildman–Crippen LogP) is 3.10. The van der Waals surface area contributed by atoms with Gasteiger partial charge in [-0.15, -0.1) is 0 Å². The van der Waals surface area contributed by atoms with Gasteiger partial charge < -0.3 is 10.4 Å². The lowest BCUT2D eigenvalue weighted by atomic mass is 10.1. The van der Waals surface area contributed by atoms with E-state index in [9.17, 15) is 18.3 Å². The lowest BCUT2D eigenvalue weighted by Gasteiger charge is -2.14. The molecule has 2 rings (SSSR count). The van der Waals surface area contributed by atoms with Gasteiger partial charge in [-0.25, -0.2) is 8.42 Å². The van der Waals surface area contributed by atoms with Crippen molar-refractivity contribution in [2.24, 2.45) is 5.92 Å². The highest BCUT2D eigenvalue weighted by molar-refractivity contribution is 7.92. The van der Waals surface area contributed by atoms with Crippen LogP contribution in [0.3, 0.4) is 0 Å². The van der Waals surface area contributed by atoms with Crippen molar-refractivity contribution in [3.8, 4) is 0 Å². The average Bonchev–Trinajstić information content (AvgIpc) is 2.56. The standard InChI is InChI=1S/C17H19ClN2O4S/c1-11(2)16(21)17(22)19-13-7-9-15(10-8-13)25(23,24)20-14-5-3-12(18)4-6-14/h3-11,16,20-21H,1-2H3,(H,19,22)/t16-/m1/s1. The maximum absolute atomic E-state index is 12.3. The first-order valence-corrected chi connectivity index (χ1v) is 9.42. The molecule has 0 unspecified atom stereocenters. The highest BCUT2D eigenvalue weighted by atomic mass is 35.5. The second-order valence-electron chi connectivity index (χ2n) is 5.81. The monoisotopic (exact) mass is 382 g/mol. The van der Waals surface area contributed by atoms with Gasteiger partial charge in [-0.3, -0.25) is 9.52 Å². The molecule has 0 aliphatic rings. The number of halogens is 1. The number of aliphatic hydroxyl groups is 1. The Bertz CT molecular complexity index is 834. The van der Waals surface area contributed by atoms with Crippen LogP contribution in [0.5, 0.6) is 0 Å². The molecule has 0 saturated carbocycles. The Kier molecular flexibility index (Phi) is 6.05. The topological polar surface area (TPSA) is 95.5 Å². The van der Waals surface area contributed by atoms with Crippen LogP contribution in [0, 0.1) is 5.92 Å². The number of rotatable bonds is 6. The van der Waals surface area contributed by atoms with Crippen LogP contribution in [0.1, 0.15) is 13.8 Å². The summed E-state index contributed by atoms with van der Waals surface area (Å²) in [7, 11) is -3.76. The molecule has 2 aromatic carbocycles. The normalized spacial score (nSPS) is 12.7. The molecule has 0 radical (unpaired) electrons. The zero-order valence-corrected chi connectivity index (χ0v) is 15.3. The van der Waals surface area contributed by atoms with Crippen molar-refractivity contribution < 1.29 is 18.3 Å². The van der Waals surface area contributed by atoms with Gasteiger partial charge >= 0.3 is 0 Å². The molecular formula is C17H19ClN2O4S. The maximum Gasteiger partial charge on any atom is 0.261 e. The van der Waals surface area contributed by atoms with Crippen LogP contribution in [0.2, 0.25) is 5.02 Å². The molecule has 0 heterocycles. The van der Waals surface area contributed by atoms with E-state index in [1.807, 2.05) is 0 Å². The number of hydrogen-bond acceptors (Lipinski definition) is 4. The minimum atomic E-state index is -3.76. The summed E-state index contributed by atoms with van der Waals surface area (Å²) in [6.07, 6.45) is -1.13. The molecule has 1 amide bonds. The van der Waals surface area contributed by atoms with E-state index >= 15 is 0 Å². The number of carbonyl (C=O) groups excluding carboxylic acids is 1. The molecule has 0 spiro atoms. The molecule has 1 atom stereocenters. The number of carbonyl (C=O) groups is 1. The van der Waals surface area contributed by atoms with E-state index in [0.29, 0.717) is 16.4 Å². The highest BCUT2D eigenvalue weighted by Crippen LogP contribution is 2.20. The fraction of sp³-hybridized carbons (Fsp3) is 0.235. The molecule has 0 fully saturated rings. The summed E-state index contributed by atoms with van der Waals surface area (Å²) in [4.78, 5) is 11.8. The summed E-state index contributed by atoms with van der Waals surface area (Å²) >= 11 is 5.77. The minimum Gasteiger partial charge on any atom is -0.383 e. The van der Waals surface area contributed by atoms with Gasteiger partial charge in [0, 0.05) is 16.4 Å². The van der Waals surface area contributed by atoms with E-state index in [0.717, 1.165) is 0 Å². The number of benzene rings is 2. The quantitative estimate of drug-likeness (QED) is 0.715. The van der Waals surface area contributed by atoms with Gasteiger partial charge in [0.2, 0.25) is 0 Å². The third-order valence-corrected chi connectivity index (χ3v) is 5.08. The molecule has 0 saturated heterocycles. The van der Waals surface area contributed by atoms with Crippen molar-refractivity contribution in [3.05, 3.63) is 53.6 Å². The summed E-state index contributed by atoms with van der Waals surface area (Å²) in [5, 5.41) is 12.7. The number of sulfonamides is 1. The molecule has 0 bridgehead atoms. The van der Waals surface area contributed by atoms with E-state index in [1.54, 1.807) is 38.1 Å². The van der Waals surface area contributed by atoms with E-state index < -0.39 is 22.0 Å². The van der Waals surface area contributed by atoms with Crippen molar-refractivity contribution in [3.63, 3.8) is 0 Å². The van der Waals surface area contributed by atoms with Crippen LogP contribution >= 0.6 is 11.6 Å². The molecular weight excluding hydrogens is 364 g/mol. The summed E-state index contributed by atoms with van der Waals surface area (Å²) < 4.78 is 27.1. The molecule has 134 valence electrons. The minimum absolute atomic E-state index is 0.0462. The Hall–Kier alpha value is -2.09. The second kappa shape index (κ2) is 7.86. The van der Waals surface area contributed by atoms with Crippen molar-refractivity contribution >= 4 is 38.9 Å². The Labute approximate surface area is 151 Å². The first kappa shape index (κ1) is 19.2. The lowest BCUT2D eigenvalue weighted by molar-refractivity contribution is -0.125. The Morgan fingerprint density at radius 1 is 1.00 bits per heavy atom. The van der Waals surface area contributed by atoms with Crippen LogP contribution in [-0.4, -0.2) is 25.5 Å². The summed E-state index contributed by atoms with van der Waals surface area (Å²) in [5.74, 6) is -0.756. The van der Waals surface area contributed by atoms with Gasteiger partial charge in [0.15, 0.2) is 0 Å². The van der Waals surface area contributed by atoms with Crippen LogP contribution in [0.15, 0.2) is 53.4 Å². The van der Waals surface area contributed by atoms with Crippen LogP contribution in [-0.2, 0) is 14.8 Å². The molecule has 0 aliphatic heterocycles. The molecule has 6 nitrogen and oxygen atoms in total. The fourth-order valence-electron chi connectivity index (χ4n) is 1.97. The first-order chi connectivity index (χ1) is 11.7. The van der Waals surface area contributed by atoms with Crippen molar-refractivity contribution in [2.45, 2.75) is 24.8 Å². The molecule has 0 aromatic heterocycles. The van der Waals surface area contributed by atoms with Gasteiger partial charge in [0.25, 0.3) is 15.9 Å². The molecule has 2 aromatic rings. The Balaban J connectivity index is 2.10. The zero-order valence-electron chi connectivity index (χ0n) is 13.7. The molecule has 8 heteroatoms. The number of amides is 1. The average molecular weight is 383 g/mol. The first-order valence-electron chi connectivity index (χ1n) is 7.56. The highest BCUT2D eigenvalue weighted by Gasteiger charge is 2.19. The Morgan fingerprint density at radius 3 is 2.04 bits per heavy atom. The van der Waals surface area contributed by atoms with Gasteiger partial charge in [-0.2, -0.15) is 0 Å². The SMILES string of the molecule is CC(C)[C@@H](O)C(=O)Nc1ccc(S(=O)(=O)Nc2ccc(Cl)cc2)cc1. The molecule has 0 aliphatic carbocycles. The summed E-state index contributed by atoms with van der Waals surface area (Å²) in [6.45, 7) is 3.45. The number of aliphatic hydroxyl groups excluding tert-OH is 1. The molecule has 25 heavy (non-hydrogen) atoms. The van der Waals surface area contributed by atoms with Crippen molar-refractivity contribution in [1.29, 1.82) is 0 Å². The second-order valence-corrected chi connectivity index (χ2v) is 7.93. The summed E-state index contributed by atoms with van der Waals surface area (Å²) in [5.41, 5.74) is 0.789. The maximum atomic E-state index is 12.3. The fourth-order valence-corrected chi connectivity index (χ4v) is 3.15. The van der Waals surface area contributed by atoms with Gasteiger partial charge in [0.05, 0.1) is 4.90 Å². The van der Waals surface area contributed by atoms with Gasteiger partial charge in [-0.05, 0) is 54.4 Å². The smallest absolute Gasteiger partial charge is 0.261 e. The number of anilines is 2. The number of nitrogens with one attached hydrogen (secondary N) is 2.